The fourth-order valence-corrected chi connectivity index (χ4v) is 2.26. The van der Waals surface area contributed by atoms with Gasteiger partial charge in [0.2, 0.25) is 5.95 Å². The molecule has 1 amide bonds. The number of hydrogen-bond acceptors (Lipinski definition) is 4. The SMILES string of the molecule is Cc1cc(C(=O)NC2CC2)nc(NCCc2ccccc2F)n1. The molecule has 1 aliphatic rings. The van der Waals surface area contributed by atoms with Crippen LogP contribution in [0.4, 0.5) is 10.3 Å². The van der Waals surface area contributed by atoms with Crippen molar-refractivity contribution in [3.63, 3.8) is 0 Å². The van der Waals surface area contributed by atoms with Gasteiger partial charge in [0, 0.05) is 18.3 Å². The number of hydrogen-bond donors (Lipinski definition) is 2. The van der Waals surface area contributed by atoms with Gasteiger partial charge in [-0.05, 0) is 43.9 Å². The van der Waals surface area contributed by atoms with Crippen molar-refractivity contribution in [3.8, 4) is 0 Å². The molecule has 1 aromatic carbocycles. The minimum Gasteiger partial charge on any atom is -0.354 e. The molecule has 0 spiro atoms. The molecule has 23 heavy (non-hydrogen) atoms. The summed E-state index contributed by atoms with van der Waals surface area (Å²) < 4.78 is 13.6. The molecular formula is C17H19FN4O. The largest absolute Gasteiger partial charge is 0.354 e. The van der Waals surface area contributed by atoms with Crippen molar-refractivity contribution >= 4 is 11.9 Å². The van der Waals surface area contributed by atoms with Crippen molar-refractivity contribution in [1.82, 2.24) is 15.3 Å². The zero-order valence-corrected chi connectivity index (χ0v) is 13.0. The second-order valence-corrected chi connectivity index (χ2v) is 5.73. The first-order valence-electron chi connectivity index (χ1n) is 7.75. The Labute approximate surface area is 134 Å². The van der Waals surface area contributed by atoms with Gasteiger partial charge in [-0.25, -0.2) is 14.4 Å². The molecule has 1 aromatic heterocycles. The molecule has 2 N–H and O–H groups in total. The average molecular weight is 314 g/mol. The predicted molar refractivity (Wildman–Crippen MR) is 85.9 cm³/mol. The van der Waals surface area contributed by atoms with Crippen molar-refractivity contribution in [2.45, 2.75) is 32.2 Å². The maximum Gasteiger partial charge on any atom is 0.270 e. The van der Waals surface area contributed by atoms with Gasteiger partial charge in [-0.15, -0.1) is 0 Å². The number of carbonyl (C=O) groups is 1. The Balaban J connectivity index is 1.62. The van der Waals surface area contributed by atoms with Crippen molar-refractivity contribution in [1.29, 1.82) is 0 Å². The van der Waals surface area contributed by atoms with Crippen LogP contribution in [0.3, 0.4) is 0 Å². The molecule has 3 rings (SSSR count). The maximum atomic E-state index is 13.6. The summed E-state index contributed by atoms with van der Waals surface area (Å²) in [4.78, 5) is 20.6. The normalized spacial score (nSPS) is 13.7. The standard InChI is InChI=1S/C17H19FN4O/c1-11-10-15(16(23)21-13-6-7-13)22-17(20-11)19-9-8-12-4-2-3-5-14(12)18/h2-5,10,13H,6-9H2,1H3,(H,21,23)(H,19,20,22). The first-order chi connectivity index (χ1) is 11.1. The molecule has 0 saturated heterocycles. The van der Waals surface area contributed by atoms with E-state index in [9.17, 15) is 9.18 Å². The fourth-order valence-electron chi connectivity index (χ4n) is 2.26. The average Bonchev–Trinajstić information content (AvgIpc) is 3.32. The Morgan fingerprint density at radius 1 is 1.30 bits per heavy atom. The highest BCUT2D eigenvalue weighted by atomic mass is 19.1. The van der Waals surface area contributed by atoms with Gasteiger partial charge in [-0.1, -0.05) is 18.2 Å². The fraction of sp³-hybridized carbons (Fsp3) is 0.353. The lowest BCUT2D eigenvalue weighted by molar-refractivity contribution is 0.0946. The Bertz CT molecular complexity index is 715. The first-order valence-corrected chi connectivity index (χ1v) is 7.75. The Kier molecular flexibility index (Phi) is 4.50. The molecule has 0 atom stereocenters. The van der Waals surface area contributed by atoms with Crippen molar-refractivity contribution in [2.75, 3.05) is 11.9 Å². The summed E-state index contributed by atoms with van der Waals surface area (Å²) in [5, 5.41) is 5.96. The topological polar surface area (TPSA) is 66.9 Å². The van der Waals surface area contributed by atoms with Crippen LogP contribution in [-0.2, 0) is 6.42 Å². The highest BCUT2D eigenvalue weighted by Gasteiger charge is 2.24. The van der Waals surface area contributed by atoms with Crippen LogP contribution in [0.2, 0.25) is 0 Å². The number of nitrogens with zero attached hydrogens (tertiary/aromatic N) is 2. The molecule has 1 heterocycles. The van der Waals surface area contributed by atoms with E-state index in [-0.39, 0.29) is 17.8 Å². The summed E-state index contributed by atoms with van der Waals surface area (Å²) in [5.41, 5.74) is 1.71. The zero-order chi connectivity index (χ0) is 16.2. The third-order valence-corrected chi connectivity index (χ3v) is 3.63. The van der Waals surface area contributed by atoms with Gasteiger partial charge in [-0.2, -0.15) is 0 Å². The highest BCUT2D eigenvalue weighted by molar-refractivity contribution is 5.93. The summed E-state index contributed by atoms with van der Waals surface area (Å²) in [7, 11) is 0. The van der Waals surface area contributed by atoms with E-state index in [1.165, 1.54) is 6.07 Å². The smallest absolute Gasteiger partial charge is 0.270 e. The zero-order valence-electron chi connectivity index (χ0n) is 13.0. The van der Waals surface area contributed by atoms with E-state index >= 15 is 0 Å². The minimum atomic E-state index is -0.219. The van der Waals surface area contributed by atoms with Crippen LogP contribution in [0.25, 0.3) is 0 Å². The van der Waals surface area contributed by atoms with Gasteiger partial charge in [0.1, 0.15) is 11.5 Å². The third kappa shape index (κ3) is 4.25. The van der Waals surface area contributed by atoms with E-state index in [1.54, 1.807) is 18.2 Å². The van der Waals surface area contributed by atoms with Gasteiger partial charge < -0.3 is 10.6 Å². The number of amides is 1. The number of halogens is 1. The monoisotopic (exact) mass is 314 g/mol. The molecule has 0 bridgehead atoms. The Morgan fingerprint density at radius 3 is 2.83 bits per heavy atom. The number of rotatable bonds is 6. The number of benzene rings is 1. The van der Waals surface area contributed by atoms with E-state index in [4.69, 9.17) is 0 Å². The van der Waals surface area contributed by atoms with Crippen LogP contribution in [0.5, 0.6) is 0 Å². The lowest BCUT2D eigenvalue weighted by Gasteiger charge is -2.09. The van der Waals surface area contributed by atoms with Crippen LogP contribution in [0, 0.1) is 12.7 Å². The lowest BCUT2D eigenvalue weighted by Crippen LogP contribution is -2.27. The molecule has 2 aromatic rings. The van der Waals surface area contributed by atoms with Gasteiger partial charge in [-0.3, -0.25) is 4.79 Å². The van der Waals surface area contributed by atoms with E-state index in [1.807, 2.05) is 13.0 Å². The molecule has 1 saturated carbocycles. The van der Waals surface area contributed by atoms with Crippen molar-refractivity contribution in [2.24, 2.45) is 0 Å². The van der Waals surface area contributed by atoms with Gasteiger partial charge in [0.05, 0.1) is 0 Å². The van der Waals surface area contributed by atoms with E-state index < -0.39 is 0 Å². The molecule has 5 nitrogen and oxygen atoms in total. The second kappa shape index (κ2) is 6.73. The summed E-state index contributed by atoms with van der Waals surface area (Å²) in [5.74, 6) is 0.00130. The molecule has 0 radical (unpaired) electrons. The summed E-state index contributed by atoms with van der Waals surface area (Å²) in [6.07, 6.45) is 2.58. The van der Waals surface area contributed by atoms with Crippen molar-refractivity contribution in [3.05, 3.63) is 53.1 Å². The number of anilines is 1. The van der Waals surface area contributed by atoms with Gasteiger partial charge in [0.15, 0.2) is 0 Å². The van der Waals surface area contributed by atoms with Gasteiger partial charge in [0.25, 0.3) is 5.91 Å². The van der Waals surface area contributed by atoms with Crippen LogP contribution >= 0.6 is 0 Å². The quantitative estimate of drug-likeness (QED) is 0.859. The number of nitrogens with one attached hydrogen (secondary N) is 2. The number of aromatic nitrogens is 2. The molecular weight excluding hydrogens is 295 g/mol. The first kappa shape index (κ1) is 15.4. The summed E-state index contributed by atoms with van der Waals surface area (Å²) >= 11 is 0. The van der Waals surface area contributed by atoms with Crippen LogP contribution in [0.15, 0.2) is 30.3 Å². The number of carbonyl (C=O) groups excluding carboxylic acids is 1. The van der Waals surface area contributed by atoms with Crippen LogP contribution in [-0.4, -0.2) is 28.5 Å². The summed E-state index contributed by atoms with van der Waals surface area (Å²) in [6, 6.07) is 8.62. The summed E-state index contributed by atoms with van der Waals surface area (Å²) in [6.45, 7) is 2.31. The Morgan fingerprint density at radius 2 is 2.09 bits per heavy atom. The third-order valence-electron chi connectivity index (χ3n) is 3.63. The van der Waals surface area contributed by atoms with E-state index in [0.29, 0.717) is 35.9 Å². The number of aryl methyl sites for hydroxylation is 1. The maximum absolute atomic E-state index is 13.6. The van der Waals surface area contributed by atoms with Crippen LogP contribution < -0.4 is 10.6 Å². The van der Waals surface area contributed by atoms with E-state index in [0.717, 1.165) is 12.8 Å². The lowest BCUT2D eigenvalue weighted by atomic mass is 10.1. The molecule has 6 heteroatoms. The van der Waals surface area contributed by atoms with Crippen LogP contribution in [0.1, 0.15) is 34.6 Å². The molecule has 1 fully saturated rings. The molecule has 0 unspecified atom stereocenters. The molecule has 0 aliphatic heterocycles. The van der Waals surface area contributed by atoms with Crippen molar-refractivity contribution < 1.29 is 9.18 Å². The second-order valence-electron chi connectivity index (χ2n) is 5.73. The van der Waals surface area contributed by atoms with E-state index in [2.05, 4.69) is 20.6 Å². The molecule has 120 valence electrons. The highest BCUT2D eigenvalue weighted by Crippen LogP contribution is 2.19. The van der Waals surface area contributed by atoms with Gasteiger partial charge >= 0.3 is 0 Å². The Hall–Kier alpha value is -2.50. The molecule has 1 aliphatic carbocycles. The predicted octanol–water partition coefficient (Wildman–Crippen LogP) is 2.47. The minimum absolute atomic E-state index is 0.171.